The van der Waals surface area contributed by atoms with Gasteiger partial charge < -0.3 is 9.64 Å². The molecule has 0 radical (unpaired) electrons. The van der Waals surface area contributed by atoms with Crippen LogP contribution in [0.4, 0.5) is 5.82 Å². The van der Waals surface area contributed by atoms with Crippen molar-refractivity contribution >= 4 is 46.1 Å². The molecule has 1 aromatic heterocycles. The number of amides is 1. The van der Waals surface area contributed by atoms with E-state index in [4.69, 9.17) is 17.0 Å². The molecular weight excluding hydrogens is 456 g/mol. The molecule has 3 rings (SSSR count). The van der Waals surface area contributed by atoms with Crippen molar-refractivity contribution in [3.63, 3.8) is 0 Å². The zero-order chi connectivity index (χ0) is 24.1. The van der Waals surface area contributed by atoms with Crippen LogP contribution in [0.15, 0.2) is 9.70 Å². The van der Waals surface area contributed by atoms with Crippen molar-refractivity contribution in [3.8, 4) is 6.07 Å². The van der Waals surface area contributed by atoms with E-state index >= 15 is 0 Å². The molecule has 2 fully saturated rings. The van der Waals surface area contributed by atoms with E-state index in [1.165, 1.54) is 16.3 Å². The van der Waals surface area contributed by atoms with Crippen LogP contribution >= 0.6 is 24.0 Å². The monoisotopic (exact) mass is 488 g/mol. The predicted molar refractivity (Wildman–Crippen MR) is 137 cm³/mol. The Morgan fingerprint density at radius 1 is 1.27 bits per heavy atom. The molecule has 2 aliphatic rings. The summed E-state index contributed by atoms with van der Waals surface area (Å²) < 4.78 is 7.56. The number of carbonyl (C=O) groups excluding carboxylic acids is 1. The maximum atomic E-state index is 13.3. The third-order valence-electron chi connectivity index (χ3n) is 6.41. The molecule has 0 spiro atoms. The summed E-state index contributed by atoms with van der Waals surface area (Å²) in [5, 5.41) is 9.62. The number of hydrogen-bond donors (Lipinski definition) is 0. The second-order valence-corrected chi connectivity index (χ2v) is 10.2. The zero-order valence-corrected chi connectivity index (χ0v) is 21.5. The molecular formula is C24H32N4O3S2. The Kier molecular flexibility index (Phi) is 8.74. The van der Waals surface area contributed by atoms with Crippen LogP contribution < -0.4 is 10.5 Å². The molecule has 178 valence electrons. The first-order valence-corrected chi connectivity index (χ1v) is 12.8. The standard InChI is InChI=1S/C24H32N4O3S2/c1-5-7-8-17(6-2)15-28-23(30)20(33-24(28)32)13-18-16(3)19(14-25)22(29)26(4)21(18)27-9-11-31-12-10-27/h13,17H,5-12,15H2,1-4H3. The Morgan fingerprint density at radius 3 is 2.58 bits per heavy atom. The van der Waals surface area contributed by atoms with Gasteiger partial charge in [-0.2, -0.15) is 5.26 Å². The minimum Gasteiger partial charge on any atom is -0.378 e. The van der Waals surface area contributed by atoms with Crippen molar-refractivity contribution in [2.45, 2.75) is 46.5 Å². The Hall–Kier alpha value is -2.15. The maximum Gasteiger partial charge on any atom is 0.270 e. The average molecular weight is 489 g/mol. The molecule has 0 bridgehead atoms. The van der Waals surface area contributed by atoms with Crippen molar-refractivity contribution in [1.82, 2.24) is 9.47 Å². The smallest absolute Gasteiger partial charge is 0.270 e. The lowest BCUT2D eigenvalue weighted by atomic mass is 9.99. The van der Waals surface area contributed by atoms with E-state index in [-0.39, 0.29) is 17.0 Å². The average Bonchev–Trinajstić information content (AvgIpc) is 3.08. The summed E-state index contributed by atoms with van der Waals surface area (Å²) in [7, 11) is 1.68. The topological polar surface area (TPSA) is 78.6 Å². The minimum atomic E-state index is -0.331. The van der Waals surface area contributed by atoms with Crippen LogP contribution in [-0.4, -0.2) is 52.5 Å². The van der Waals surface area contributed by atoms with Gasteiger partial charge in [0.15, 0.2) is 0 Å². The van der Waals surface area contributed by atoms with Crippen LogP contribution in [-0.2, 0) is 16.6 Å². The first-order valence-electron chi connectivity index (χ1n) is 11.6. The molecule has 33 heavy (non-hydrogen) atoms. The summed E-state index contributed by atoms with van der Waals surface area (Å²) in [6, 6.07) is 2.05. The van der Waals surface area contributed by atoms with Crippen LogP contribution in [0.25, 0.3) is 6.08 Å². The fourth-order valence-electron chi connectivity index (χ4n) is 4.33. The van der Waals surface area contributed by atoms with Crippen molar-refractivity contribution in [3.05, 3.63) is 31.9 Å². The third-order valence-corrected chi connectivity index (χ3v) is 7.79. The molecule has 0 N–H and O–H groups in total. The van der Waals surface area contributed by atoms with Crippen molar-refractivity contribution < 1.29 is 9.53 Å². The van der Waals surface area contributed by atoms with Gasteiger partial charge in [0, 0.05) is 32.2 Å². The molecule has 1 amide bonds. The highest BCUT2D eigenvalue weighted by Gasteiger charge is 2.34. The molecule has 9 heteroatoms. The number of nitriles is 1. The number of thiocarbonyl (C=S) groups is 1. The van der Waals surface area contributed by atoms with E-state index < -0.39 is 0 Å². The number of unbranched alkanes of at least 4 members (excludes halogenated alkanes) is 1. The van der Waals surface area contributed by atoms with Gasteiger partial charge in [0.25, 0.3) is 11.5 Å². The van der Waals surface area contributed by atoms with Gasteiger partial charge in [-0.1, -0.05) is 57.1 Å². The lowest BCUT2D eigenvalue weighted by molar-refractivity contribution is -0.122. The van der Waals surface area contributed by atoms with Gasteiger partial charge >= 0.3 is 0 Å². The number of anilines is 1. The highest BCUT2D eigenvalue weighted by Crippen LogP contribution is 2.36. The summed E-state index contributed by atoms with van der Waals surface area (Å²) in [5.41, 5.74) is 1.07. The number of morpholine rings is 1. The fourth-order valence-corrected chi connectivity index (χ4v) is 5.59. The Labute approximate surface area is 205 Å². The highest BCUT2D eigenvalue weighted by molar-refractivity contribution is 8.26. The van der Waals surface area contributed by atoms with Gasteiger partial charge in [0.2, 0.25) is 0 Å². The molecule has 3 heterocycles. The summed E-state index contributed by atoms with van der Waals surface area (Å²) >= 11 is 6.86. The van der Waals surface area contributed by atoms with Gasteiger partial charge in [0.1, 0.15) is 21.8 Å². The number of pyridine rings is 1. The Balaban J connectivity index is 2.02. The van der Waals surface area contributed by atoms with Crippen LogP contribution in [0.1, 0.15) is 56.2 Å². The van der Waals surface area contributed by atoms with Crippen LogP contribution in [0.3, 0.4) is 0 Å². The molecule has 7 nitrogen and oxygen atoms in total. The lowest BCUT2D eigenvalue weighted by Gasteiger charge is -2.32. The van der Waals surface area contributed by atoms with Gasteiger partial charge in [-0.25, -0.2) is 0 Å². The van der Waals surface area contributed by atoms with Crippen molar-refractivity contribution in [2.24, 2.45) is 13.0 Å². The maximum absolute atomic E-state index is 13.3. The first kappa shape index (κ1) is 25.5. The van der Waals surface area contributed by atoms with Crippen LogP contribution in [0.2, 0.25) is 0 Å². The Morgan fingerprint density at radius 2 is 1.97 bits per heavy atom. The van der Waals surface area contributed by atoms with E-state index in [9.17, 15) is 14.9 Å². The SMILES string of the molecule is CCCCC(CC)CN1C(=O)C(=Cc2c(C)c(C#N)c(=O)n(C)c2N2CCOCC2)SC1=S. The molecule has 1 unspecified atom stereocenters. The third kappa shape index (κ3) is 5.34. The number of ether oxygens (including phenoxy) is 1. The van der Waals surface area contributed by atoms with Crippen molar-refractivity contribution in [1.29, 1.82) is 5.26 Å². The van der Waals surface area contributed by atoms with Gasteiger partial charge in [-0.3, -0.25) is 19.1 Å². The largest absolute Gasteiger partial charge is 0.378 e. The van der Waals surface area contributed by atoms with E-state index in [2.05, 4.69) is 18.7 Å². The predicted octanol–water partition coefficient (Wildman–Crippen LogP) is 3.82. The number of thioether (sulfide) groups is 1. The summed E-state index contributed by atoms with van der Waals surface area (Å²) in [6.45, 7) is 9.12. The number of aromatic nitrogens is 1. The minimum absolute atomic E-state index is 0.0976. The van der Waals surface area contributed by atoms with Crippen molar-refractivity contribution in [2.75, 3.05) is 37.7 Å². The molecule has 2 saturated heterocycles. The van der Waals surface area contributed by atoms with Gasteiger partial charge in [-0.15, -0.1) is 0 Å². The van der Waals surface area contributed by atoms with Gasteiger partial charge in [0.05, 0.1) is 18.1 Å². The normalized spacial score (nSPS) is 18.8. The summed E-state index contributed by atoms with van der Waals surface area (Å²) in [5.74, 6) is 1.03. The summed E-state index contributed by atoms with van der Waals surface area (Å²) in [4.78, 5) is 30.5. The molecule has 2 aliphatic heterocycles. The summed E-state index contributed by atoms with van der Waals surface area (Å²) in [6.07, 6.45) is 6.16. The number of nitrogens with zero attached hydrogens (tertiary/aromatic N) is 4. The van der Waals surface area contributed by atoms with Crippen LogP contribution in [0.5, 0.6) is 0 Å². The number of rotatable bonds is 8. The first-order chi connectivity index (χ1) is 15.8. The second kappa shape index (κ2) is 11.3. The fraction of sp³-hybridized carbons (Fsp3) is 0.583. The number of carbonyl (C=O) groups is 1. The quantitative estimate of drug-likeness (QED) is 0.407. The van der Waals surface area contributed by atoms with E-state index in [0.29, 0.717) is 64.9 Å². The number of hydrogen-bond acceptors (Lipinski definition) is 7. The lowest BCUT2D eigenvalue weighted by Crippen LogP contribution is -2.40. The van der Waals surface area contributed by atoms with E-state index in [1.54, 1.807) is 18.9 Å². The second-order valence-electron chi connectivity index (χ2n) is 8.52. The molecule has 0 aliphatic carbocycles. The Bertz CT molecular complexity index is 1050. The molecule has 1 aromatic rings. The van der Waals surface area contributed by atoms with E-state index in [0.717, 1.165) is 25.7 Å². The molecule has 1 atom stereocenters. The highest BCUT2D eigenvalue weighted by atomic mass is 32.2. The molecule has 0 aromatic carbocycles. The zero-order valence-electron chi connectivity index (χ0n) is 19.8. The van der Waals surface area contributed by atoms with Gasteiger partial charge in [-0.05, 0) is 30.9 Å². The van der Waals surface area contributed by atoms with E-state index in [1.807, 2.05) is 12.1 Å². The molecule has 0 saturated carbocycles. The van der Waals surface area contributed by atoms with Crippen LogP contribution in [0, 0.1) is 24.2 Å².